The van der Waals surface area contributed by atoms with Crippen LogP contribution in [0.4, 0.5) is 0 Å². The maximum Gasteiger partial charge on any atom is 0.235 e. The Morgan fingerprint density at radius 2 is 0.959 bits per heavy atom. The normalized spacial score (nSPS) is 10.9. The molecule has 0 bridgehead atoms. The van der Waals surface area contributed by atoms with Gasteiger partial charge in [0.1, 0.15) is 11.2 Å². The molecular formula is C37H34O12. The predicted molar refractivity (Wildman–Crippen MR) is 183 cm³/mol. The minimum absolute atomic E-state index is 0.0509. The zero-order valence-electron chi connectivity index (χ0n) is 27.3. The van der Waals surface area contributed by atoms with Gasteiger partial charge in [0.25, 0.3) is 0 Å². The molecule has 0 saturated carbocycles. The first kappa shape index (κ1) is 34.0. The fourth-order valence-corrected chi connectivity index (χ4v) is 5.23. The largest absolute Gasteiger partial charge is 0.504 e. The van der Waals surface area contributed by atoms with Gasteiger partial charge in [-0.2, -0.15) is 0 Å². The van der Waals surface area contributed by atoms with Crippen molar-refractivity contribution in [2.45, 2.75) is 26.7 Å². The second-order valence-corrected chi connectivity index (χ2v) is 10.9. The highest BCUT2D eigenvalue weighted by Gasteiger charge is 2.21. The Kier molecular flexibility index (Phi) is 9.60. The lowest BCUT2D eigenvalue weighted by molar-refractivity contribution is 0.324. The molecular weight excluding hydrogens is 636 g/mol. The number of methoxy groups -OCH3 is 3. The Morgan fingerprint density at radius 3 is 1.33 bits per heavy atom. The number of phenolic OH excluding ortho intramolecular Hbond substituents is 3. The van der Waals surface area contributed by atoms with Crippen molar-refractivity contribution in [3.8, 4) is 68.6 Å². The molecule has 6 aromatic rings. The van der Waals surface area contributed by atoms with Crippen molar-refractivity contribution in [2.75, 3.05) is 21.3 Å². The monoisotopic (exact) mass is 670 g/mol. The van der Waals surface area contributed by atoms with Gasteiger partial charge in [0.05, 0.1) is 32.1 Å². The number of fused-ring (bicyclic) bond motifs is 2. The highest BCUT2D eigenvalue weighted by Crippen LogP contribution is 2.43. The van der Waals surface area contributed by atoms with E-state index in [0.717, 1.165) is 36.1 Å². The van der Waals surface area contributed by atoms with E-state index < -0.39 is 39.6 Å². The fraction of sp³-hybridized carbons (Fsp3) is 0.189. The van der Waals surface area contributed by atoms with Crippen molar-refractivity contribution in [1.82, 2.24) is 0 Å². The molecule has 4 aromatic carbocycles. The molecule has 0 aliphatic carbocycles. The van der Waals surface area contributed by atoms with Gasteiger partial charge in [-0.15, -0.1) is 0 Å². The maximum atomic E-state index is 12.6. The topological polar surface area (TPSA) is 189 Å². The molecule has 0 spiro atoms. The summed E-state index contributed by atoms with van der Waals surface area (Å²) >= 11 is 0. The van der Waals surface area contributed by atoms with Crippen molar-refractivity contribution < 1.29 is 48.6 Å². The van der Waals surface area contributed by atoms with E-state index >= 15 is 0 Å². The molecule has 12 nitrogen and oxygen atoms in total. The Hall–Kier alpha value is -6.30. The highest BCUT2D eigenvalue weighted by atomic mass is 16.5. The van der Waals surface area contributed by atoms with Crippen molar-refractivity contribution >= 4 is 21.9 Å². The molecule has 2 heterocycles. The molecule has 0 aliphatic rings. The highest BCUT2D eigenvalue weighted by molar-refractivity contribution is 5.84. The first-order valence-corrected chi connectivity index (χ1v) is 15.1. The summed E-state index contributed by atoms with van der Waals surface area (Å²) in [5, 5.41) is 49.6. The molecule has 0 saturated heterocycles. The van der Waals surface area contributed by atoms with Gasteiger partial charge in [0, 0.05) is 11.1 Å². The van der Waals surface area contributed by atoms with Crippen LogP contribution in [0.2, 0.25) is 0 Å². The molecule has 5 N–H and O–H groups in total. The summed E-state index contributed by atoms with van der Waals surface area (Å²) in [5.74, 6) is -1.91. The van der Waals surface area contributed by atoms with Gasteiger partial charge >= 0.3 is 0 Å². The van der Waals surface area contributed by atoms with E-state index in [2.05, 4.69) is 0 Å². The van der Waals surface area contributed by atoms with Crippen LogP contribution in [0.5, 0.6) is 46.0 Å². The van der Waals surface area contributed by atoms with E-state index in [0.29, 0.717) is 33.8 Å². The van der Waals surface area contributed by atoms with Crippen LogP contribution >= 0.6 is 0 Å². The van der Waals surface area contributed by atoms with Gasteiger partial charge in [-0.25, -0.2) is 0 Å². The maximum absolute atomic E-state index is 12.6. The van der Waals surface area contributed by atoms with Crippen LogP contribution in [0.3, 0.4) is 0 Å². The molecule has 2 aromatic heterocycles. The SMILES string of the molecule is CCc1ccc2c(=O)c(O)c(-c3cc(O)c(O)c(O)c3)oc2c1.CCc1ccc2c(=O)c(O)c(-c3cc(OC)c(OC)c(OC)c3)oc2c1. The average Bonchev–Trinajstić information content (AvgIpc) is 3.12. The van der Waals surface area contributed by atoms with E-state index in [9.17, 15) is 35.1 Å². The summed E-state index contributed by atoms with van der Waals surface area (Å²) in [7, 11) is 4.48. The van der Waals surface area contributed by atoms with Crippen LogP contribution in [0, 0.1) is 0 Å². The number of hydrogen-bond donors (Lipinski definition) is 5. The smallest absolute Gasteiger partial charge is 0.235 e. The quantitative estimate of drug-likeness (QED) is 0.115. The number of aromatic hydroxyl groups is 5. The zero-order valence-corrected chi connectivity index (χ0v) is 27.3. The van der Waals surface area contributed by atoms with Gasteiger partial charge < -0.3 is 48.6 Å². The van der Waals surface area contributed by atoms with E-state index in [1.807, 2.05) is 19.9 Å². The third kappa shape index (κ3) is 6.35. The number of rotatable bonds is 7. The summed E-state index contributed by atoms with van der Waals surface area (Å²) in [6.07, 6.45) is 1.55. The van der Waals surface area contributed by atoms with Crippen LogP contribution in [-0.2, 0) is 12.8 Å². The lowest BCUT2D eigenvalue weighted by Crippen LogP contribution is -2.03. The third-order valence-electron chi connectivity index (χ3n) is 7.94. The standard InChI is InChI=1S/C20H20O6.C17H14O6/c1-5-11-6-7-13-14(8-11)26-19(18(22)17(13)21)12-9-15(23-2)20(25-4)16(10-12)24-3;1-2-8-3-4-10-13(5-8)23-17(16(22)14(10)20)9-6-11(18)15(21)12(19)7-9/h6-10,22H,5H2,1-4H3;3-7,18-19,21-22H,2H2,1H3. The van der Waals surface area contributed by atoms with E-state index in [1.54, 1.807) is 42.5 Å². The molecule has 0 atom stereocenters. The van der Waals surface area contributed by atoms with Gasteiger partial charge in [0.15, 0.2) is 40.3 Å². The summed E-state index contributed by atoms with van der Waals surface area (Å²) in [6.45, 7) is 3.97. The first-order chi connectivity index (χ1) is 23.4. The molecule has 49 heavy (non-hydrogen) atoms. The predicted octanol–water partition coefficient (Wildman–Crippen LogP) is 6.60. The Morgan fingerprint density at radius 1 is 0.551 bits per heavy atom. The Bertz CT molecular complexity index is 2270. The Labute approximate surface area is 279 Å². The van der Waals surface area contributed by atoms with Gasteiger partial charge in [0.2, 0.25) is 28.1 Å². The molecule has 0 fully saturated rings. The number of ether oxygens (including phenoxy) is 3. The molecule has 0 radical (unpaired) electrons. The molecule has 254 valence electrons. The lowest BCUT2D eigenvalue weighted by atomic mass is 10.1. The minimum Gasteiger partial charge on any atom is -0.504 e. The second-order valence-electron chi connectivity index (χ2n) is 10.9. The average molecular weight is 671 g/mol. The van der Waals surface area contributed by atoms with Crippen molar-refractivity contribution in [2.24, 2.45) is 0 Å². The van der Waals surface area contributed by atoms with Gasteiger partial charge in [-0.1, -0.05) is 26.0 Å². The van der Waals surface area contributed by atoms with Gasteiger partial charge in [-0.3, -0.25) is 9.59 Å². The fourth-order valence-electron chi connectivity index (χ4n) is 5.23. The van der Waals surface area contributed by atoms with Crippen LogP contribution in [-0.4, -0.2) is 46.9 Å². The summed E-state index contributed by atoms with van der Waals surface area (Å²) < 4.78 is 27.4. The molecule has 0 aliphatic heterocycles. The number of aryl methyl sites for hydroxylation is 2. The van der Waals surface area contributed by atoms with Crippen LogP contribution in [0.1, 0.15) is 25.0 Å². The number of phenols is 3. The lowest BCUT2D eigenvalue weighted by Gasteiger charge is -2.14. The van der Waals surface area contributed by atoms with Crippen molar-refractivity contribution in [3.63, 3.8) is 0 Å². The zero-order chi connectivity index (χ0) is 35.6. The number of hydrogen-bond acceptors (Lipinski definition) is 12. The minimum atomic E-state index is -0.690. The molecule has 0 amide bonds. The van der Waals surface area contributed by atoms with Crippen LogP contribution < -0.4 is 25.1 Å². The number of benzene rings is 4. The summed E-state index contributed by atoms with van der Waals surface area (Å²) in [6, 6.07) is 15.8. The molecule has 12 heteroatoms. The third-order valence-corrected chi connectivity index (χ3v) is 7.94. The Balaban J connectivity index is 0.000000192. The van der Waals surface area contributed by atoms with Crippen molar-refractivity contribution in [1.29, 1.82) is 0 Å². The van der Waals surface area contributed by atoms with Gasteiger partial charge in [-0.05, 0) is 72.5 Å². The van der Waals surface area contributed by atoms with E-state index in [4.69, 9.17) is 23.0 Å². The summed E-state index contributed by atoms with van der Waals surface area (Å²) in [5.41, 5.74) is 2.09. The molecule has 6 rings (SSSR count). The van der Waals surface area contributed by atoms with Crippen molar-refractivity contribution in [3.05, 3.63) is 92.2 Å². The summed E-state index contributed by atoms with van der Waals surface area (Å²) in [4.78, 5) is 24.8. The van der Waals surface area contributed by atoms with Crippen LogP contribution in [0.25, 0.3) is 44.6 Å². The first-order valence-electron chi connectivity index (χ1n) is 15.1. The van der Waals surface area contributed by atoms with Crippen LogP contribution in [0.15, 0.2) is 79.1 Å². The van der Waals surface area contributed by atoms with E-state index in [-0.39, 0.29) is 28.1 Å². The molecule has 0 unspecified atom stereocenters. The second kappa shape index (κ2) is 13.8. The van der Waals surface area contributed by atoms with E-state index in [1.165, 1.54) is 21.3 Å².